The molecule has 0 aromatic carbocycles. The summed E-state index contributed by atoms with van der Waals surface area (Å²) in [7, 11) is 0. The highest BCUT2D eigenvalue weighted by molar-refractivity contribution is 6.29. The molecule has 1 aliphatic carbocycles. The zero-order chi connectivity index (χ0) is 11.5. The summed E-state index contributed by atoms with van der Waals surface area (Å²) < 4.78 is 0. The molecule has 86 valence electrons. The minimum atomic E-state index is -0.164. The van der Waals surface area contributed by atoms with Gasteiger partial charge in [0.15, 0.2) is 0 Å². The lowest BCUT2D eigenvalue weighted by molar-refractivity contribution is 0.0924. The van der Waals surface area contributed by atoms with E-state index < -0.39 is 0 Å². The van der Waals surface area contributed by atoms with Gasteiger partial charge in [0.05, 0.1) is 12.4 Å². The highest BCUT2D eigenvalue weighted by Gasteiger charge is 2.25. The number of aromatic nitrogens is 2. The third-order valence-electron chi connectivity index (χ3n) is 3.03. The average molecular weight is 240 g/mol. The monoisotopic (exact) mass is 239 g/mol. The molecule has 0 spiro atoms. The minimum Gasteiger partial charge on any atom is -0.348 e. The van der Waals surface area contributed by atoms with Crippen LogP contribution in [0.15, 0.2) is 12.4 Å². The SMILES string of the molecule is CC1CCCC1NC(=O)c1cnc(Cl)cn1. The van der Waals surface area contributed by atoms with Crippen molar-refractivity contribution in [3.8, 4) is 0 Å². The van der Waals surface area contributed by atoms with Crippen LogP contribution in [0.3, 0.4) is 0 Å². The Balaban J connectivity index is 2.00. The van der Waals surface area contributed by atoms with E-state index in [1.807, 2.05) is 0 Å². The van der Waals surface area contributed by atoms with Crippen molar-refractivity contribution < 1.29 is 4.79 Å². The summed E-state index contributed by atoms with van der Waals surface area (Å²) in [6.45, 7) is 2.16. The van der Waals surface area contributed by atoms with Crippen molar-refractivity contribution in [1.82, 2.24) is 15.3 Å². The molecule has 5 heteroatoms. The first-order valence-corrected chi connectivity index (χ1v) is 5.83. The number of nitrogens with zero attached hydrogens (tertiary/aromatic N) is 2. The van der Waals surface area contributed by atoms with E-state index in [1.165, 1.54) is 25.2 Å². The van der Waals surface area contributed by atoms with Gasteiger partial charge in [0.25, 0.3) is 5.91 Å². The highest BCUT2D eigenvalue weighted by atomic mass is 35.5. The maximum atomic E-state index is 11.8. The van der Waals surface area contributed by atoms with Crippen molar-refractivity contribution in [3.63, 3.8) is 0 Å². The van der Waals surface area contributed by atoms with Crippen LogP contribution in [0.5, 0.6) is 0 Å². The summed E-state index contributed by atoms with van der Waals surface area (Å²) in [5.41, 5.74) is 0.323. The molecule has 4 nitrogen and oxygen atoms in total. The number of carbonyl (C=O) groups is 1. The predicted molar refractivity (Wildman–Crippen MR) is 61.3 cm³/mol. The molecule has 1 aromatic rings. The van der Waals surface area contributed by atoms with E-state index in [4.69, 9.17) is 11.6 Å². The van der Waals surface area contributed by atoms with Crippen molar-refractivity contribution in [2.45, 2.75) is 32.2 Å². The number of hydrogen-bond acceptors (Lipinski definition) is 3. The van der Waals surface area contributed by atoms with Crippen LogP contribution >= 0.6 is 11.6 Å². The molecule has 1 fully saturated rings. The van der Waals surface area contributed by atoms with Gasteiger partial charge in [-0.2, -0.15) is 0 Å². The zero-order valence-electron chi connectivity index (χ0n) is 9.11. The van der Waals surface area contributed by atoms with E-state index in [0.29, 0.717) is 16.8 Å². The summed E-state index contributed by atoms with van der Waals surface area (Å²) >= 11 is 5.60. The molecule has 0 bridgehead atoms. The molecular weight excluding hydrogens is 226 g/mol. The second-order valence-corrected chi connectivity index (χ2v) is 4.60. The Hall–Kier alpha value is -1.16. The Morgan fingerprint density at radius 1 is 1.44 bits per heavy atom. The quantitative estimate of drug-likeness (QED) is 0.860. The Morgan fingerprint density at radius 2 is 2.25 bits per heavy atom. The van der Waals surface area contributed by atoms with Crippen molar-refractivity contribution in [2.24, 2.45) is 5.92 Å². The molecule has 0 radical (unpaired) electrons. The Bertz CT molecular complexity index is 379. The summed E-state index contributed by atoms with van der Waals surface area (Å²) in [6.07, 6.45) is 6.19. The molecule has 0 aliphatic heterocycles. The second kappa shape index (κ2) is 4.78. The summed E-state index contributed by atoms with van der Waals surface area (Å²) in [5, 5.41) is 3.28. The third kappa shape index (κ3) is 2.50. The van der Waals surface area contributed by atoms with Gasteiger partial charge in [-0.05, 0) is 18.8 Å². The molecule has 1 amide bonds. The number of amides is 1. The van der Waals surface area contributed by atoms with E-state index in [9.17, 15) is 4.79 Å². The molecule has 1 aliphatic rings. The maximum Gasteiger partial charge on any atom is 0.271 e. The Morgan fingerprint density at radius 3 is 2.81 bits per heavy atom. The van der Waals surface area contributed by atoms with Crippen LogP contribution < -0.4 is 5.32 Å². The number of rotatable bonds is 2. The lowest BCUT2D eigenvalue weighted by Gasteiger charge is -2.16. The molecule has 1 aromatic heterocycles. The molecule has 2 rings (SSSR count). The maximum absolute atomic E-state index is 11.8. The fourth-order valence-electron chi connectivity index (χ4n) is 2.03. The number of nitrogens with one attached hydrogen (secondary N) is 1. The minimum absolute atomic E-state index is 0.164. The number of hydrogen-bond donors (Lipinski definition) is 1. The fourth-order valence-corrected chi connectivity index (χ4v) is 2.13. The van der Waals surface area contributed by atoms with Crippen LogP contribution in [0.1, 0.15) is 36.7 Å². The highest BCUT2D eigenvalue weighted by Crippen LogP contribution is 2.24. The van der Waals surface area contributed by atoms with Gasteiger partial charge in [0.1, 0.15) is 10.8 Å². The molecule has 0 saturated heterocycles. The van der Waals surface area contributed by atoms with Gasteiger partial charge in [-0.3, -0.25) is 4.79 Å². The lowest BCUT2D eigenvalue weighted by atomic mass is 10.1. The topological polar surface area (TPSA) is 54.9 Å². The molecule has 1 saturated carbocycles. The predicted octanol–water partition coefficient (Wildman–Crippen LogP) is 2.05. The molecular formula is C11H14ClN3O. The van der Waals surface area contributed by atoms with Crippen LogP contribution in [0.2, 0.25) is 5.15 Å². The standard InChI is InChI=1S/C11H14ClN3O/c1-7-3-2-4-8(7)15-11(16)9-5-14-10(12)6-13-9/h5-8H,2-4H2,1H3,(H,15,16). The molecule has 2 atom stereocenters. The van der Waals surface area contributed by atoms with Crippen LogP contribution in [0, 0.1) is 5.92 Å². The van der Waals surface area contributed by atoms with Crippen LogP contribution in [-0.4, -0.2) is 21.9 Å². The fraction of sp³-hybridized carbons (Fsp3) is 0.545. The van der Waals surface area contributed by atoms with E-state index in [2.05, 4.69) is 22.2 Å². The van der Waals surface area contributed by atoms with Gasteiger partial charge in [0, 0.05) is 6.04 Å². The van der Waals surface area contributed by atoms with Crippen LogP contribution in [0.4, 0.5) is 0 Å². The van der Waals surface area contributed by atoms with E-state index >= 15 is 0 Å². The van der Waals surface area contributed by atoms with Crippen LogP contribution in [0.25, 0.3) is 0 Å². The first kappa shape index (κ1) is 11.3. The number of halogens is 1. The lowest BCUT2D eigenvalue weighted by Crippen LogP contribution is -2.36. The third-order valence-corrected chi connectivity index (χ3v) is 3.23. The average Bonchev–Trinajstić information content (AvgIpc) is 2.65. The van der Waals surface area contributed by atoms with Crippen molar-refractivity contribution in [3.05, 3.63) is 23.2 Å². The molecule has 1 heterocycles. The van der Waals surface area contributed by atoms with Crippen LogP contribution in [-0.2, 0) is 0 Å². The van der Waals surface area contributed by atoms with Gasteiger partial charge in [-0.15, -0.1) is 0 Å². The Kier molecular flexibility index (Phi) is 3.39. The Labute approximate surface area is 99.4 Å². The van der Waals surface area contributed by atoms with Gasteiger partial charge < -0.3 is 5.32 Å². The molecule has 2 unspecified atom stereocenters. The van der Waals surface area contributed by atoms with Gasteiger partial charge >= 0.3 is 0 Å². The van der Waals surface area contributed by atoms with Gasteiger partial charge in [-0.1, -0.05) is 24.9 Å². The first-order chi connectivity index (χ1) is 7.66. The van der Waals surface area contributed by atoms with Crippen molar-refractivity contribution in [2.75, 3.05) is 0 Å². The smallest absolute Gasteiger partial charge is 0.271 e. The van der Waals surface area contributed by atoms with Crippen molar-refractivity contribution in [1.29, 1.82) is 0 Å². The van der Waals surface area contributed by atoms with E-state index in [0.717, 1.165) is 6.42 Å². The van der Waals surface area contributed by atoms with E-state index in [1.54, 1.807) is 0 Å². The zero-order valence-corrected chi connectivity index (χ0v) is 9.87. The van der Waals surface area contributed by atoms with E-state index in [-0.39, 0.29) is 11.9 Å². The largest absolute Gasteiger partial charge is 0.348 e. The second-order valence-electron chi connectivity index (χ2n) is 4.21. The number of carbonyl (C=O) groups excluding carboxylic acids is 1. The molecule has 1 N–H and O–H groups in total. The van der Waals surface area contributed by atoms with Gasteiger partial charge in [0.2, 0.25) is 0 Å². The molecule has 16 heavy (non-hydrogen) atoms. The summed E-state index contributed by atoms with van der Waals surface area (Å²) in [4.78, 5) is 19.6. The summed E-state index contributed by atoms with van der Waals surface area (Å²) in [6, 6.07) is 0.268. The summed E-state index contributed by atoms with van der Waals surface area (Å²) in [5.74, 6) is 0.382. The first-order valence-electron chi connectivity index (χ1n) is 5.45. The van der Waals surface area contributed by atoms with Crippen molar-refractivity contribution >= 4 is 17.5 Å². The van der Waals surface area contributed by atoms with Gasteiger partial charge in [-0.25, -0.2) is 9.97 Å². The normalized spacial score (nSPS) is 24.4.